The molecule has 0 spiro atoms. The molecule has 90 valence electrons. The molecule has 0 amide bonds. The van der Waals surface area contributed by atoms with E-state index in [0.29, 0.717) is 11.3 Å². The molecule has 6 heteroatoms. The molecule has 3 nitrogen and oxygen atoms in total. The number of hydrogen-bond acceptors (Lipinski definition) is 3. The maximum absolute atomic E-state index is 12.1. The summed E-state index contributed by atoms with van der Waals surface area (Å²) in [5.74, 6) is 0.240. The van der Waals surface area contributed by atoms with Crippen molar-refractivity contribution in [3.63, 3.8) is 0 Å². The molecule has 0 aliphatic carbocycles. The Labute approximate surface area is 90.9 Å². The largest absolute Gasteiger partial charge is 0.481 e. The van der Waals surface area contributed by atoms with E-state index in [1.807, 2.05) is 0 Å². The summed E-state index contributed by atoms with van der Waals surface area (Å²) in [5, 5.41) is 8.91. The Morgan fingerprint density at radius 3 is 2.56 bits per heavy atom. The summed E-state index contributed by atoms with van der Waals surface area (Å²) >= 11 is 0. The van der Waals surface area contributed by atoms with Crippen LogP contribution in [0.25, 0.3) is 0 Å². The molecule has 1 N–H and O–H groups in total. The van der Waals surface area contributed by atoms with Crippen LogP contribution in [0.1, 0.15) is 11.3 Å². The third kappa shape index (κ3) is 3.37. The van der Waals surface area contributed by atoms with Gasteiger partial charge in [0.05, 0.1) is 7.11 Å². The van der Waals surface area contributed by atoms with E-state index >= 15 is 0 Å². The van der Waals surface area contributed by atoms with Crippen LogP contribution in [-0.4, -0.2) is 29.5 Å². The maximum Gasteiger partial charge on any atom is 0.414 e. The molecule has 1 unspecified atom stereocenters. The van der Waals surface area contributed by atoms with E-state index in [4.69, 9.17) is 9.84 Å². The van der Waals surface area contributed by atoms with Crippen molar-refractivity contribution in [3.8, 4) is 5.88 Å². The lowest BCUT2D eigenvalue weighted by atomic mass is 10.1. The molecule has 1 heterocycles. The van der Waals surface area contributed by atoms with Crippen molar-refractivity contribution in [1.29, 1.82) is 0 Å². The number of aromatic nitrogens is 1. The fourth-order valence-electron chi connectivity index (χ4n) is 1.27. The molecule has 1 aromatic heterocycles. The van der Waals surface area contributed by atoms with E-state index in [1.165, 1.54) is 19.2 Å². The van der Waals surface area contributed by atoms with Gasteiger partial charge in [-0.1, -0.05) is 0 Å². The van der Waals surface area contributed by atoms with E-state index in [-0.39, 0.29) is 5.88 Å². The predicted octanol–water partition coefficient (Wildman–Crippen LogP) is 1.86. The summed E-state index contributed by atoms with van der Waals surface area (Å²) < 4.78 is 41.2. The molecule has 1 rings (SSSR count). The SMILES string of the molecule is COc1cc(CC(O)C(F)(F)F)cc(C)n1. The molecule has 0 saturated carbocycles. The first kappa shape index (κ1) is 12.8. The van der Waals surface area contributed by atoms with Crippen molar-refractivity contribution >= 4 is 0 Å². The van der Waals surface area contributed by atoms with E-state index in [1.54, 1.807) is 6.92 Å². The van der Waals surface area contributed by atoms with E-state index in [9.17, 15) is 13.2 Å². The van der Waals surface area contributed by atoms with Crippen LogP contribution in [0.5, 0.6) is 5.88 Å². The molecule has 0 fully saturated rings. The molecule has 1 aromatic rings. The minimum atomic E-state index is -4.61. The second-order valence-corrected chi connectivity index (χ2v) is 3.42. The maximum atomic E-state index is 12.1. The number of hydrogen-bond donors (Lipinski definition) is 1. The minimum absolute atomic E-state index is 0.240. The average Bonchev–Trinajstić information content (AvgIpc) is 2.15. The molecule has 0 radical (unpaired) electrons. The van der Waals surface area contributed by atoms with Crippen molar-refractivity contribution in [1.82, 2.24) is 4.98 Å². The second kappa shape index (κ2) is 4.69. The van der Waals surface area contributed by atoms with Crippen LogP contribution in [0.15, 0.2) is 12.1 Å². The fourth-order valence-corrected chi connectivity index (χ4v) is 1.27. The van der Waals surface area contributed by atoms with Crippen LogP contribution >= 0.6 is 0 Å². The van der Waals surface area contributed by atoms with Gasteiger partial charge in [0, 0.05) is 18.2 Å². The van der Waals surface area contributed by atoms with Gasteiger partial charge in [0.15, 0.2) is 6.10 Å². The monoisotopic (exact) mass is 235 g/mol. The lowest BCUT2D eigenvalue weighted by molar-refractivity contribution is -0.203. The van der Waals surface area contributed by atoms with Crippen LogP contribution < -0.4 is 4.74 Å². The Kier molecular flexibility index (Phi) is 3.74. The zero-order chi connectivity index (χ0) is 12.3. The third-order valence-corrected chi connectivity index (χ3v) is 2.01. The highest BCUT2D eigenvalue weighted by molar-refractivity contribution is 5.25. The Balaban J connectivity index is 2.85. The van der Waals surface area contributed by atoms with Crippen LogP contribution in [-0.2, 0) is 6.42 Å². The summed E-state index contributed by atoms with van der Waals surface area (Å²) in [6.45, 7) is 1.64. The quantitative estimate of drug-likeness (QED) is 0.869. The lowest BCUT2D eigenvalue weighted by Crippen LogP contribution is -2.30. The Bertz CT molecular complexity index is 366. The summed E-state index contributed by atoms with van der Waals surface area (Å²) in [6.07, 6.45) is -7.47. The van der Waals surface area contributed by atoms with Gasteiger partial charge in [-0.25, -0.2) is 4.98 Å². The first-order chi connectivity index (χ1) is 7.32. The van der Waals surface area contributed by atoms with Gasteiger partial charge in [-0.05, 0) is 18.6 Å². The van der Waals surface area contributed by atoms with Gasteiger partial charge in [-0.3, -0.25) is 0 Å². The summed E-state index contributed by atoms with van der Waals surface area (Å²) in [7, 11) is 1.38. The van der Waals surface area contributed by atoms with Crippen LogP contribution in [0, 0.1) is 6.92 Å². The standard InChI is InChI=1S/C10H12F3NO2/c1-6-3-7(5-9(14-6)16-2)4-8(15)10(11,12)13/h3,5,8,15H,4H2,1-2H3. The normalized spacial score (nSPS) is 13.6. The average molecular weight is 235 g/mol. The van der Waals surface area contributed by atoms with Gasteiger partial charge in [0.2, 0.25) is 5.88 Å². The topological polar surface area (TPSA) is 42.4 Å². The van der Waals surface area contributed by atoms with E-state index in [0.717, 1.165) is 0 Å². The zero-order valence-corrected chi connectivity index (χ0v) is 8.88. The highest BCUT2D eigenvalue weighted by Crippen LogP contribution is 2.24. The van der Waals surface area contributed by atoms with E-state index < -0.39 is 18.7 Å². The van der Waals surface area contributed by atoms with Gasteiger partial charge >= 0.3 is 6.18 Å². The number of pyridine rings is 1. The smallest absolute Gasteiger partial charge is 0.414 e. The molecular formula is C10H12F3NO2. The number of nitrogens with zero attached hydrogens (tertiary/aromatic N) is 1. The van der Waals surface area contributed by atoms with Crippen molar-refractivity contribution in [2.45, 2.75) is 25.6 Å². The molecule has 0 aliphatic rings. The van der Waals surface area contributed by atoms with Gasteiger partial charge < -0.3 is 9.84 Å². The first-order valence-corrected chi connectivity index (χ1v) is 4.59. The highest BCUT2D eigenvalue weighted by atomic mass is 19.4. The summed E-state index contributed by atoms with van der Waals surface area (Å²) in [4.78, 5) is 3.94. The number of aryl methyl sites for hydroxylation is 1. The number of halogens is 3. The van der Waals surface area contributed by atoms with Gasteiger partial charge in [-0.2, -0.15) is 13.2 Å². The molecule has 16 heavy (non-hydrogen) atoms. The van der Waals surface area contributed by atoms with Crippen LogP contribution in [0.3, 0.4) is 0 Å². The Morgan fingerprint density at radius 2 is 2.06 bits per heavy atom. The van der Waals surface area contributed by atoms with Crippen LogP contribution in [0.4, 0.5) is 13.2 Å². The predicted molar refractivity (Wildman–Crippen MR) is 51.3 cm³/mol. The van der Waals surface area contributed by atoms with Gasteiger partial charge in [-0.15, -0.1) is 0 Å². The Morgan fingerprint density at radius 1 is 1.44 bits per heavy atom. The minimum Gasteiger partial charge on any atom is -0.481 e. The van der Waals surface area contributed by atoms with Crippen molar-refractivity contribution in [2.24, 2.45) is 0 Å². The molecule has 0 bridgehead atoms. The molecule has 1 atom stereocenters. The van der Waals surface area contributed by atoms with Crippen molar-refractivity contribution < 1.29 is 23.0 Å². The van der Waals surface area contributed by atoms with Crippen molar-refractivity contribution in [3.05, 3.63) is 23.4 Å². The Hall–Kier alpha value is -1.30. The van der Waals surface area contributed by atoms with Crippen molar-refractivity contribution in [2.75, 3.05) is 7.11 Å². The zero-order valence-electron chi connectivity index (χ0n) is 8.88. The first-order valence-electron chi connectivity index (χ1n) is 4.59. The third-order valence-electron chi connectivity index (χ3n) is 2.01. The number of aliphatic hydroxyl groups excluding tert-OH is 1. The number of ether oxygens (including phenoxy) is 1. The summed E-state index contributed by atoms with van der Waals surface area (Å²) in [6, 6.07) is 2.86. The van der Waals surface area contributed by atoms with Gasteiger partial charge in [0.1, 0.15) is 0 Å². The fraction of sp³-hybridized carbons (Fsp3) is 0.500. The molecule has 0 aromatic carbocycles. The van der Waals surface area contributed by atoms with E-state index in [2.05, 4.69) is 4.98 Å². The number of aliphatic hydroxyl groups is 1. The number of rotatable bonds is 3. The van der Waals surface area contributed by atoms with Crippen LogP contribution in [0.2, 0.25) is 0 Å². The summed E-state index contributed by atoms with van der Waals surface area (Å²) in [5.41, 5.74) is 0.887. The second-order valence-electron chi connectivity index (χ2n) is 3.42. The molecule has 0 saturated heterocycles. The highest BCUT2D eigenvalue weighted by Gasteiger charge is 2.38. The molecular weight excluding hydrogens is 223 g/mol. The lowest BCUT2D eigenvalue weighted by Gasteiger charge is -2.14. The van der Waals surface area contributed by atoms with Gasteiger partial charge in [0.25, 0.3) is 0 Å². The number of methoxy groups -OCH3 is 1. The molecule has 0 aliphatic heterocycles. The number of alkyl halides is 3.